The largest absolute Gasteiger partial charge is 0.467 e. The molecule has 0 aliphatic rings. The van der Waals surface area contributed by atoms with Crippen molar-refractivity contribution in [3.8, 4) is 0 Å². The molecule has 25 heavy (non-hydrogen) atoms. The molecule has 0 heterocycles. The number of esters is 1. The van der Waals surface area contributed by atoms with E-state index in [1.165, 1.54) is 14.0 Å². The van der Waals surface area contributed by atoms with Crippen molar-refractivity contribution in [2.45, 2.75) is 51.8 Å². The minimum Gasteiger partial charge on any atom is -0.467 e. The van der Waals surface area contributed by atoms with E-state index < -0.39 is 30.1 Å². The Hall–Kier alpha value is -2.57. The zero-order valence-corrected chi connectivity index (χ0v) is 14.9. The summed E-state index contributed by atoms with van der Waals surface area (Å²) in [5.41, 5.74) is 0.847. The number of hydrogen-bond donors (Lipinski definition) is 2. The van der Waals surface area contributed by atoms with E-state index in [0.717, 1.165) is 18.4 Å². The van der Waals surface area contributed by atoms with Crippen molar-refractivity contribution in [1.29, 1.82) is 0 Å². The second-order valence-corrected chi connectivity index (χ2v) is 5.65. The molecule has 7 nitrogen and oxygen atoms in total. The standard InChI is InChI=1S/C18H26N2O5/c1-4-5-11-15(17(22)24-3)20-16(21)13(2)19-18(23)25-12-14-9-7-6-8-10-14/h6-10,13,15H,4-5,11-12H2,1-3H3,(H,19,23)(H,20,21)/t13-,15-/m1/s1. The van der Waals surface area contributed by atoms with Crippen LogP contribution in [0.5, 0.6) is 0 Å². The van der Waals surface area contributed by atoms with E-state index >= 15 is 0 Å². The van der Waals surface area contributed by atoms with Crippen molar-refractivity contribution < 1.29 is 23.9 Å². The predicted molar refractivity (Wildman–Crippen MR) is 92.7 cm³/mol. The molecule has 2 N–H and O–H groups in total. The van der Waals surface area contributed by atoms with Gasteiger partial charge < -0.3 is 20.1 Å². The zero-order chi connectivity index (χ0) is 18.7. The number of unbranched alkanes of at least 4 members (excludes halogenated alkanes) is 1. The Bertz CT molecular complexity index is 562. The van der Waals surface area contributed by atoms with Crippen LogP contribution in [-0.4, -0.2) is 37.2 Å². The lowest BCUT2D eigenvalue weighted by Gasteiger charge is -2.19. The monoisotopic (exact) mass is 350 g/mol. The van der Waals surface area contributed by atoms with E-state index in [1.54, 1.807) is 0 Å². The number of ether oxygens (including phenoxy) is 2. The van der Waals surface area contributed by atoms with Crippen molar-refractivity contribution in [3.05, 3.63) is 35.9 Å². The minimum absolute atomic E-state index is 0.113. The smallest absolute Gasteiger partial charge is 0.408 e. The highest BCUT2D eigenvalue weighted by Gasteiger charge is 2.24. The van der Waals surface area contributed by atoms with Gasteiger partial charge in [-0.15, -0.1) is 0 Å². The maximum absolute atomic E-state index is 12.2. The summed E-state index contributed by atoms with van der Waals surface area (Å²) in [7, 11) is 1.27. The summed E-state index contributed by atoms with van der Waals surface area (Å²) in [6, 6.07) is 7.66. The molecule has 0 aliphatic heterocycles. The number of carbonyl (C=O) groups excluding carboxylic acids is 3. The second-order valence-electron chi connectivity index (χ2n) is 5.65. The quantitative estimate of drug-likeness (QED) is 0.666. The van der Waals surface area contributed by atoms with Gasteiger partial charge >= 0.3 is 12.1 Å². The third-order valence-corrected chi connectivity index (χ3v) is 3.59. The maximum atomic E-state index is 12.2. The van der Waals surface area contributed by atoms with Crippen LogP contribution in [0.3, 0.4) is 0 Å². The average Bonchev–Trinajstić information content (AvgIpc) is 2.63. The molecule has 0 aliphatic carbocycles. The van der Waals surface area contributed by atoms with Crippen LogP contribution in [0.1, 0.15) is 38.7 Å². The van der Waals surface area contributed by atoms with Crippen LogP contribution in [0, 0.1) is 0 Å². The highest BCUT2D eigenvalue weighted by molar-refractivity contribution is 5.89. The molecular formula is C18H26N2O5. The van der Waals surface area contributed by atoms with E-state index in [9.17, 15) is 14.4 Å². The van der Waals surface area contributed by atoms with E-state index in [1.807, 2.05) is 37.3 Å². The summed E-state index contributed by atoms with van der Waals surface area (Å²) in [6.45, 7) is 3.62. The first-order chi connectivity index (χ1) is 12.0. The Morgan fingerprint density at radius 2 is 1.80 bits per heavy atom. The zero-order valence-electron chi connectivity index (χ0n) is 14.9. The predicted octanol–water partition coefficient (Wildman–Crippen LogP) is 2.15. The summed E-state index contributed by atoms with van der Waals surface area (Å²) in [4.78, 5) is 35.6. The lowest BCUT2D eigenvalue weighted by molar-refractivity contribution is -0.145. The topological polar surface area (TPSA) is 93.7 Å². The first-order valence-corrected chi connectivity index (χ1v) is 8.33. The first-order valence-electron chi connectivity index (χ1n) is 8.33. The van der Waals surface area contributed by atoms with Crippen LogP contribution < -0.4 is 10.6 Å². The van der Waals surface area contributed by atoms with Gasteiger partial charge in [0.2, 0.25) is 5.91 Å². The third kappa shape index (κ3) is 7.69. The van der Waals surface area contributed by atoms with Gasteiger partial charge in [0.15, 0.2) is 0 Å². The number of methoxy groups -OCH3 is 1. The van der Waals surface area contributed by atoms with Gasteiger partial charge in [-0.3, -0.25) is 4.79 Å². The number of amides is 2. The van der Waals surface area contributed by atoms with Crippen LogP contribution in [-0.2, 0) is 25.7 Å². The molecule has 1 aromatic rings. The number of alkyl carbamates (subject to hydrolysis) is 1. The molecule has 0 aromatic heterocycles. The van der Waals surface area contributed by atoms with Gasteiger partial charge in [-0.05, 0) is 18.9 Å². The average molecular weight is 350 g/mol. The summed E-state index contributed by atoms with van der Waals surface area (Å²) in [6.07, 6.45) is 1.46. The van der Waals surface area contributed by atoms with Gasteiger partial charge in [-0.2, -0.15) is 0 Å². The highest BCUT2D eigenvalue weighted by Crippen LogP contribution is 2.04. The molecule has 0 radical (unpaired) electrons. The third-order valence-electron chi connectivity index (χ3n) is 3.59. The van der Waals surface area contributed by atoms with Gasteiger partial charge in [0.05, 0.1) is 7.11 Å². The molecule has 1 rings (SSSR count). The lowest BCUT2D eigenvalue weighted by atomic mass is 10.1. The normalized spacial score (nSPS) is 12.6. The molecule has 138 valence electrons. The molecule has 2 atom stereocenters. The number of benzene rings is 1. The fraction of sp³-hybridized carbons (Fsp3) is 0.500. The molecule has 0 saturated heterocycles. The molecule has 0 saturated carbocycles. The van der Waals surface area contributed by atoms with Crippen molar-refractivity contribution in [2.24, 2.45) is 0 Å². The van der Waals surface area contributed by atoms with Crippen LogP contribution in [0.4, 0.5) is 4.79 Å². The van der Waals surface area contributed by atoms with Gasteiger partial charge in [-0.1, -0.05) is 50.1 Å². The van der Waals surface area contributed by atoms with Crippen molar-refractivity contribution in [2.75, 3.05) is 7.11 Å². The van der Waals surface area contributed by atoms with Gasteiger partial charge in [0.25, 0.3) is 0 Å². The van der Waals surface area contributed by atoms with E-state index in [-0.39, 0.29) is 6.61 Å². The summed E-state index contributed by atoms with van der Waals surface area (Å²) < 4.78 is 9.76. The molecule has 0 bridgehead atoms. The minimum atomic E-state index is -0.836. The van der Waals surface area contributed by atoms with Gasteiger partial charge in [-0.25, -0.2) is 9.59 Å². The van der Waals surface area contributed by atoms with Crippen LogP contribution >= 0.6 is 0 Å². The Balaban J connectivity index is 2.45. The lowest BCUT2D eigenvalue weighted by Crippen LogP contribution is -2.50. The molecule has 7 heteroatoms. The number of nitrogens with one attached hydrogen (secondary N) is 2. The molecule has 1 aromatic carbocycles. The fourth-order valence-electron chi connectivity index (χ4n) is 2.10. The van der Waals surface area contributed by atoms with Crippen LogP contribution in [0.2, 0.25) is 0 Å². The van der Waals surface area contributed by atoms with Crippen LogP contribution in [0.15, 0.2) is 30.3 Å². The summed E-state index contributed by atoms with van der Waals surface area (Å²) in [5, 5.41) is 5.04. The fourth-order valence-corrected chi connectivity index (χ4v) is 2.10. The van der Waals surface area contributed by atoms with Gasteiger partial charge in [0, 0.05) is 0 Å². The molecule has 0 fully saturated rings. The maximum Gasteiger partial charge on any atom is 0.408 e. The van der Waals surface area contributed by atoms with E-state index in [2.05, 4.69) is 10.6 Å². The van der Waals surface area contributed by atoms with Crippen molar-refractivity contribution in [1.82, 2.24) is 10.6 Å². The van der Waals surface area contributed by atoms with Gasteiger partial charge in [0.1, 0.15) is 18.7 Å². The Labute approximate surface area is 148 Å². The van der Waals surface area contributed by atoms with E-state index in [0.29, 0.717) is 6.42 Å². The number of hydrogen-bond acceptors (Lipinski definition) is 5. The van der Waals surface area contributed by atoms with Crippen LogP contribution in [0.25, 0.3) is 0 Å². The van der Waals surface area contributed by atoms with E-state index in [4.69, 9.17) is 9.47 Å². The highest BCUT2D eigenvalue weighted by atomic mass is 16.5. The number of carbonyl (C=O) groups is 3. The SMILES string of the molecule is CCCC[C@@H](NC(=O)[C@@H](C)NC(=O)OCc1ccccc1)C(=O)OC. The molecule has 0 spiro atoms. The van der Waals surface area contributed by atoms with Crippen molar-refractivity contribution in [3.63, 3.8) is 0 Å². The van der Waals surface area contributed by atoms with Crippen molar-refractivity contribution >= 4 is 18.0 Å². The second kappa shape index (κ2) is 11.1. The Kier molecular flexibility index (Phi) is 9.06. The molecule has 0 unspecified atom stereocenters. The summed E-state index contributed by atoms with van der Waals surface area (Å²) in [5.74, 6) is -0.969. The Morgan fingerprint density at radius 3 is 2.40 bits per heavy atom. The molecule has 2 amide bonds. The first kappa shape index (κ1) is 20.5. The number of rotatable bonds is 9. The summed E-state index contributed by atoms with van der Waals surface area (Å²) >= 11 is 0. The molecular weight excluding hydrogens is 324 g/mol. The Morgan fingerprint density at radius 1 is 1.12 bits per heavy atom.